The average molecular weight is 470 g/mol. The molecule has 140 valence electrons. The number of nitro benzene ring substituents is 1. The number of hydrogen-bond acceptors (Lipinski definition) is 4. The van der Waals surface area contributed by atoms with Crippen LogP contribution in [0.1, 0.15) is 11.1 Å². The SMILES string of the molecule is CN=C(NCc1ccccc1[N+](=O)[O-])N(C)Cc1ccc(OC)cc1.I. The first-order valence-electron chi connectivity index (χ1n) is 7.82. The van der Waals surface area contributed by atoms with Gasteiger partial charge in [0.05, 0.1) is 12.0 Å². The van der Waals surface area contributed by atoms with Gasteiger partial charge in [-0.05, 0) is 17.7 Å². The number of guanidine groups is 1. The molecule has 0 heterocycles. The summed E-state index contributed by atoms with van der Waals surface area (Å²) in [6.07, 6.45) is 0. The minimum atomic E-state index is -0.374. The van der Waals surface area contributed by atoms with E-state index in [0.717, 1.165) is 11.3 Å². The topological polar surface area (TPSA) is 80.0 Å². The maximum absolute atomic E-state index is 11.1. The Labute approximate surface area is 170 Å². The van der Waals surface area contributed by atoms with Crippen molar-refractivity contribution in [3.05, 3.63) is 69.8 Å². The van der Waals surface area contributed by atoms with Gasteiger partial charge in [-0.15, -0.1) is 24.0 Å². The van der Waals surface area contributed by atoms with E-state index in [1.165, 1.54) is 6.07 Å². The molecule has 0 radical (unpaired) electrons. The molecule has 2 aromatic rings. The number of halogens is 1. The zero-order chi connectivity index (χ0) is 18.2. The number of benzene rings is 2. The summed E-state index contributed by atoms with van der Waals surface area (Å²) in [7, 11) is 5.24. The molecule has 8 heteroatoms. The van der Waals surface area contributed by atoms with E-state index in [-0.39, 0.29) is 34.6 Å². The van der Waals surface area contributed by atoms with Crippen molar-refractivity contribution in [3.8, 4) is 5.75 Å². The summed E-state index contributed by atoms with van der Waals surface area (Å²) in [6, 6.07) is 14.5. The summed E-state index contributed by atoms with van der Waals surface area (Å²) in [5, 5.41) is 14.3. The molecular formula is C18H23IN4O3. The van der Waals surface area contributed by atoms with Crippen LogP contribution in [0.25, 0.3) is 0 Å². The minimum absolute atomic E-state index is 0. The van der Waals surface area contributed by atoms with Crippen molar-refractivity contribution in [1.29, 1.82) is 0 Å². The van der Waals surface area contributed by atoms with E-state index in [1.807, 2.05) is 36.2 Å². The van der Waals surface area contributed by atoms with E-state index in [4.69, 9.17) is 4.74 Å². The molecule has 2 aromatic carbocycles. The molecule has 2 rings (SSSR count). The van der Waals surface area contributed by atoms with E-state index in [1.54, 1.807) is 32.4 Å². The number of rotatable bonds is 6. The van der Waals surface area contributed by atoms with Crippen LogP contribution in [0.15, 0.2) is 53.5 Å². The van der Waals surface area contributed by atoms with Crippen molar-refractivity contribution in [1.82, 2.24) is 10.2 Å². The molecule has 0 aromatic heterocycles. The molecule has 0 saturated carbocycles. The van der Waals surface area contributed by atoms with Gasteiger partial charge in [0.15, 0.2) is 5.96 Å². The van der Waals surface area contributed by atoms with Gasteiger partial charge in [-0.3, -0.25) is 15.1 Å². The third-order valence-electron chi connectivity index (χ3n) is 3.78. The normalized spacial score (nSPS) is 10.7. The number of aliphatic imine (C=N–C) groups is 1. The molecule has 0 aliphatic carbocycles. The zero-order valence-electron chi connectivity index (χ0n) is 15.0. The summed E-state index contributed by atoms with van der Waals surface area (Å²) in [5.74, 6) is 1.47. The van der Waals surface area contributed by atoms with Crippen molar-refractivity contribution >= 4 is 35.6 Å². The summed E-state index contributed by atoms with van der Waals surface area (Å²) < 4.78 is 5.16. The van der Waals surface area contributed by atoms with Crippen molar-refractivity contribution in [2.45, 2.75) is 13.1 Å². The van der Waals surface area contributed by atoms with Gasteiger partial charge < -0.3 is 15.0 Å². The monoisotopic (exact) mass is 470 g/mol. The number of nitro groups is 1. The lowest BCUT2D eigenvalue weighted by Gasteiger charge is -2.22. The van der Waals surface area contributed by atoms with Crippen LogP contribution in [-0.2, 0) is 13.1 Å². The van der Waals surface area contributed by atoms with Crippen molar-refractivity contribution < 1.29 is 9.66 Å². The highest BCUT2D eigenvalue weighted by atomic mass is 127. The van der Waals surface area contributed by atoms with Crippen molar-refractivity contribution in [3.63, 3.8) is 0 Å². The Hall–Kier alpha value is -2.36. The van der Waals surface area contributed by atoms with Crippen LogP contribution in [0, 0.1) is 10.1 Å². The predicted molar refractivity (Wildman–Crippen MR) is 113 cm³/mol. The van der Waals surface area contributed by atoms with Crippen LogP contribution in [-0.4, -0.2) is 37.0 Å². The van der Waals surface area contributed by atoms with Gasteiger partial charge in [-0.1, -0.05) is 30.3 Å². The van der Waals surface area contributed by atoms with Crippen LogP contribution < -0.4 is 10.1 Å². The van der Waals surface area contributed by atoms with Gasteiger partial charge in [-0.25, -0.2) is 0 Å². The molecule has 1 N–H and O–H groups in total. The molecule has 0 atom stereocenters. The molecule has 7 nitrogen and oxygen atoms in total. The highest BCUT2D eigenvalue weighted by molar-refractivity contribution is 14.0. The van der Waals surface area contributed by atoms with Gasteiger partial charge in [0.25, 0.3) is 5.69 Å². The Balaban J connectivity index is 0.00000338. The van der Waals surface area contributed by atoms with E-state index in [9.17, 15) is 10.1 Å². The largest absolute Gasteiger partial charge is 0.497 e. The van der Waals surface area contributed by atoms with Crippen LogP contribution >= 0.6 is 24.0 Å². The van der Waals surface area contributed by atoms with Gasteiger partial charge in [0.1, 0.15) is 5.75 Å². The average Bonchev–Trinajstić information content (AvgIpc) is 2.63. The Kier molecular flexibility index (Phi) is 8.83. The number of nitrogens with one attached hydrogen (secondary N) is 1. The molecule has 0 bridgehead atoms. The minimum Gasteiger partial charge on any atom is -0.497 e. The summed E-state index contributed by atoms with van der Waals surface area (Å²) in [4.78, 5) is 16.9. The number of methoxy groups -OCH3 is 1. The fraction of sp³-hybridized carbons (Fsp3) is 0.278. The second kappa shape index (κ2) is 10.6. The Morgan fingerprint density at radius 3 is 2.46 bits per heavy atom. The van der Waals surface area contributed by atoms with Crippen molar-refractivity contribution in [2.75, 3.05) is 21.2 Å². The number of hydrogen-bond donors (Lipinski definition) is 1. The zero-order valence-corrected chi connectivity index (χ0v) is 17.3. The molecule has 0 amide bonds. The maximum atomic E-state index is 11.1. The first-order valence-corrected chi connectivity index (χ1v) is 7.82. The Morgan fingerprint density at radius 1 is 1.23 bits per heavy atom. The first kappa shape index (κ1) is 21.7. The molecule has 0 fully saturated rings. The predicted octanol–water partition coefficient (Wildman–Crippen LogP) is 3.43. The maximum Gasteiger partial charge on any atom is 0.274 e. The summed E-state index contributed by atoms with van der Waals surface area (Å²) in [5.41, 5.74) is 1.83. The molecule has 0 aliphatic rings. The fourth-order valence-electron chi connectivity index (χ4n) is 2.48. The molecule has 0 aliphatic heterocycles. The highest BCUT2D eigenvalue weighted by Gasteiger charge is 2.13. The fourth-order valence-corrected chi connectivity index (χ4v) is 2.48. The first-order chi connectivity index (χ1) is 12.0. The lowest BCUT2D eigenvalue weighted by molar-refractivity contribution is -0.385. The third-order valence-corrected chi connectivity index (χ3v) is 3.78. The summed E-state index contributed by atoms with van der Waals surface area (Å²) in [6.45, 7) is 0.983. The molecular weight excluding hydrogens is 447 g/mol. The third kappa shape index (κ3) is 5.87. The molecule has 0 saturated heterocycles. The smallest absolute Gasteiger partial charge is 0.274 e. The van der Waals surface area contributed by atoms with Gasteiger partial charge >= 0.3 is 0 Å². The molecule has 0 spiro atoms. The summed E-state index contributed by atoms with van der Waals surface area (Å²) >= 11 is 0. The van der Waals surface area contributed by atoms with Crippen LogP contribution in [0.4, 0.5) is 5.69 Å². The molecule has 0 unspecified atom stereocenters. The lowest BCUT2D eigenvalue weighted by atomic mass is 10.2. The van der Waals surface area contributed by atoms with Crippen molar-refractivity contribution in [2.24, 2.45) is 4.99 Å². The molecule has 26 heavy (non-hydrogen) atoms. The lowest BCUT2D eigenvalue weighted by Crippen LogP contribution is -2.38. The van der Waals surface area contributed by atoms with E-state index in [0.29, 0.717) is 24.6 Å². The van der Waals surface area contributed by atoms with Gasteiger partial charge in [0, 0.05) is 38.8 Å². The van der Waals surface area contributed by atoms with E-state index >= 15 is 0 Å². The number of ether oxygens (including phenoxy) is 1. The van der Waals surface area contributed by atoms with E-state index in [2.05, 4.69) is 10.3 Å². The number of nitrogens with zero attached hydrogens (tertiary/aromatic N) is 3. The second-order valence-electron chi connectivity index (χ2n) is 5.49. The Bertz CT molecular complexity index is 750. The van der Waals surface area contributed by atoms with Gasteiger partial charge in [0.2, 0.25) is 0 Å². The standard InChI is InChI=1S/C18H22N4O3.HI/c1-19-18(20-12-15-6-4-5-7-17(15)22(23)24)21(2)13-14-8-10-16(25-3)11-9-14;/h4-11H,12-13H2,1-3H3,(H,19,20);1H. The Morgan fingerprint density at radius 2 is 1.88 bits per heavy atom. The number of para-hydroxylation sites is 1. The highest BCUT2D eigenvalue weighted by Crippen LogP contribution is 2.17. The second-order valence-corrected chi connectivity index (χ2v) is 5.49. The van der Waals surface area contributed by atoms with Gasteiger partial charge in [-0.2, -0.15) is 0 Å². The van der Waals surface area contributed by atoms with Crippen LogP contribution in [0.3, 0.4) is 0 Å². The quantitative estimate of drug-likeness (QED) is 0.230. The van der Waals surface area contributed by atoms with Crippen LogP contribution in [0.2, 0.25) is 0 Å². The van der Waals surface area contributed by atoms with Crippen LogP contribution in [0.5, 0.6) is 5.75 Å². The van der Waals surface area contributed by atoms with E-state index < -0.39 is 0 Å².